The van der Waals surface area contributed by atoms with Crippen molar-refractivity contribution in [1.29, 1.82) is 0 Å². The van der Waals surface area contributed by atoms with Crippen LogP contribution in [0.1, 0.15) is 57.1 Å². The van der Waals surface area contributed by atoms with Crippen LogP contribution in [-0.2, 0) is 28.7 Å². The van der Waals surface area contributed by atoms with Crippen molar-refractivity contribution in [2.24, 2.45) is 11.8 Å². The Morgan fingerprint density at radius 1 is 1.12 bits per heavy atom. The molecule has 0 aliphatic carbocycles. The number of likely N-dealkylation sites (N-methyl/N-ethyl adjacent to an activating group) is 1. The molecule has 1 N–H and O–H groups in total. The van der Waals surface area contributed by atoms with Gasteiger partial charge in [0.2, 0.25) is 11.8 Å². The fraction of sp³-hybridized carbons (Fsp3) is 0.487. The Balaban J connectivity index is 1.51. The predicted octanol–water partition coefficient (Wildman–Crippen LogP) is 5.87. The summed E-state index contributed by atoms with van der Waals surface area (Å²) in [5.41, 5.74) is -0.0115. The number of benzene rings is 2. The number of ether oxygens (including phenoxy) is 2. The molecule has 8 atom stereocenters. The van der Waals surface area contributed by atoms with Crippen molar-refractivity contribution < 1.29 is 33.8 Å². The molecule has 3 heterocycles. The van der Waals surface area contributed by atoms with Gasteiger partial charge in [-0.05, 0) is 68.9 Å². The molecule has 1 unspecified atom stereocenters. The van der Waals surface area contributed by atoms with E-state index in [1.807, 2.05) is 37.3 Å². The predicted molar refractivity (Wildman–Crippen MR) is 199 cm³/mol. The summed E-state index contributed by atoms with van der Waals surface area (Å²) in [6, 6.07) is 14.5. The maximum absolute atomic E-state index is 14.8. The van der Waals surface area contributed by atoms with Crippen molar-refractivity contribution >= 4 is 56.9 Å². The molecule has 0 aromatic heterocycles. The Morgan fingerprint density at radius 3 is 2.47 bits per heavy atom. The van der Waals surface area contributed by atoms with Gasteiger partial charge in [-0.2, -0.15) is 0 Å². The van der Waals surface area contributed by atoms with Crippen LogP contribution in [0.4, 0.5) is 5.69 Å². The van der Waals surface area contributed by atoms with E-state index >= 15 is 0 Å². The Morgan fingerprint density at radius 2 is 1.82 bits per heavy atom. The van der Waals surface area contributed by atoms with Crippen molar-refractivity contribution in [3.63, 3.8) is 0 Å². The van der Waals surface area contributed by atoms with E-state index in [0.717, 1.165) is 0 Å². The van der Waals surface area contributed by atoms with Crippen LogP contribution in [0.15, 0.2) is 79.9 Å². The molecule has 3 aliphatic heterocycles. The first kappa shape index (κ1) is 38.7. The van der Waals surface area contributed by atoms with Gasteiger partial charge in [-0.3, -0.25) is 19.2 Å². The summed E-state index contributed by atoms with van der Waals surface area (Å²) >= 11 is 9.92. The minimum atomic E-state index is -1.30. The van der Waals surface area contributed by atoms with Crippen molar-refractivity contribution in [2.75, 3.05) is 31.6 Å². The molecule has 3 saturated heterocycles. The quantitative estimate of drug-likeness (QED) is 0.0924. The number of esters is 1. The number of aliphatic hydroxyl groups is 1. The number of hydrogen-bond donors (Lipinski definition) is 1. The summed E-state index contributed by atoms with van der Waals surface area (Å²) in [4.78, 5) is 61.4. The minimum Gasteiger partial charge on any atom is -0.455 e. The number of fused-ring (bicyclic) bond motifs is 1. The first-order valence-electron chi connectivity index (χ1n) is 17.5. The third kappa shape index (κ3) is 7.68. The second-order valence-corrected chi connectivity index (χ2v) is 15.1. The number of aliphatic hydroxyl groups excluding tert-OH is 1. The second-order valence-electron chi connectivity index (χ2n) is 13.5. The van der Waals surface area contributed by atoms with E-state index in [1.165, 1.54) is 0 Å². The monoisotopic (exact) mass is 783 g/mol. The zero-order valence-corrected chi connectivity index (χ0v) is 31.5. The van der Waals surface area contributed by atoms with Crippen LogP contribution >= 0.6 is 27.5 Å². The van der Waals surface area contributed by atoms with Gasteiger partial charge < -0.3 is 29.3 Å². The number of hydrogen-bond acceptors (Lipinski definition) is 7. The normalized spacial score (nSPS) is 25.9. The molecule has 51 heavy (non-hydrogen) atoms. The van der Waals surface area contributed by atoms with Crippen LogP contribution < -0.4 is 4.90 Å². The molecule has 2 aromatic carbocycles. The van der Waals surface area contributed by atoms with Gasteiger partial charge in [0.25, 0.3) is 5.91 Å². The highest BCUT2D eigenvalue weighted by Gasteiger charge is 2.77. The number of nitrogens with zero attached hydrogens (tertiary/aromatic N) is 3. The van der Waals surface area contributed by atoms with E-state index in [9.17, 15) is 24.3 Å². The van der Waals surface area contributed by atoms with E-state index in [2.05, 4.69) is 29.1 Å². The molecule has 5 rings (SSSR count). The van der Waals surface area contributed by atoms with E-state index in [1.54, 1.807) is 58.2 Å². The summed E-state index contributed by atoms with van der Waals surface area (Å²) < 4.78 is 13.1. The number of alkyl halides is 1. The fourth-order valence-electron chi connectivity index (χ4n) is 7.83. The number of likely N-dealkylation sites (tertiary alicyclic amines) is 1. The summed E-state index contributed by atoms with van der Waals surface area (Å²) in [5, 5.41) is 9.92. The number of unbranched alkanes of at least 4 members (excludes halogenated alkanes) is 2. The molecule has 10 nitrogen and oxygen atoms in total. The van der Waals surface area contributed by atoms with Gasteiger partial charge in [-0.25, -0.2) is 0 Å². The first-order chi connectivity index (χ1) is 24.5. The van der Waals surface area contributed by atoms with Gasteiger partial charge >= 0.3 is 5.97 Å². The molecule has 2 aromatic rings. The van der Waals surface area contributed by atoms with Gasteiger partial charge in [0, 0.05) is 48.7 Å². The van der Waals surface area contributed by atoms with Crippen molar-refractivity contribution in [2.45, 2.75) is 80.2 Å². The Hall–Kier alpha value is -3.51. The smallest absolute Gasteiger partial charge is 0.313 e. The number of anilines is 1. The maximum atomic E-state index is 14.8. The standard InChI is InChI=1S/C39H47BrClN3O7/c1-5-7-16-30(46)42(4)25(3)33(26-14-10-8-11-15-26)50-38(49)31-32-36(47)44(22-12-9-13-23-45)35(39(32)24-29(40)34(31)51-39)37(48)43(21-6-2)28-19-17-27(41)18-20-28/h5-6,8,10-11,14-15,17-20,25,29,31-35,45H,1-2,7,9,12-13,16,21-24H2,3-4H3/t25-,29?,31+,32-,33+,34+,35+,39-/m0/s1. The highest BCUT2D eigenvalue weighted by atomic mass is 79.9. The average Bonchev–Trinajstić information content (AvgIpc) is 3.73. The number of allylic oxidation sites excluding steroid dienone is 1. The van der Waals surface area contributed by atoms with E-state index in [0.29, 0.717) is 48.4 Å². The highest BCUT2D eigenvalue weighted by molar-refractivity contribution is 9.09. The van der Waals surface area contributed by atoms with Gasteiger partial charge in [0.1, 0.15) is 17.7 Å². The Kier molecular flexibility index (Phi) is 12.8. The number of halogens is 2. The number of carbonyl (C=O) groups is 4. The molecular formula is C39H47BrClN3O7. The topological polar surface area (TPSA) is 117 Å². The van der Waals surface area contributed by atoms with E-state index in [-0.39, 0.29) is 48.7 Å². The molecular weight excluding hydrogens is 738 g/mol. The molecule has 3 fully saturated rings. The SMILES string of the molecule is C=CCCC(=O)N(C)[C@@H](C)[C@@H](OC(=O)[C@H]1[C@@H]2O[C@@]3(CC2Br)[C@@H]1C(=O)N(CCCCCO)[C@@H]3C(=O)N(CC=C)c1ccc(Cl)cc1)c1ccccc1. The highest BCUT2D eigenvalue weighted by Crippen LogP contribution is 2.60. The van der Waals surface area contributed by atoms with Crippen LogP contribution in [0.3, 0.4) is 0 Å². The van der Waals surface area contributed by atoms with Crippen molar-refractivity contribution in [3.05, 3.63) is 90.5 Å². The van der Waals surface area contributed by atoms with E-state index < -0.39 is 47.7 Å². The zero-order chi connectivity index (χ0) is 36.9. The molecule has 12 heteroatoms. The molecule has 3 aliphatic rings. The zero-order valence-electron chi connectivity index (χ0n) is 29.2. The lowest BCUT2D eigenvalue weighted by molar-refractivity contribution is -0.164. The molecule has 0 radical (unpaired) electrons. The number of carbonyl (C=O) groups excluding carboxylic acids is 4. The maximum Gasteiger partial charge on any atom is 0.313 e. The summed E-state index contributed by atoms with van der Waals surface area (Å²) in [6.45, 7) is 9.86. The summed E-state index contributed by atoms with van der Waals surface area (Å²) in [5.74, 6) is -3.39. The lowest BCUT2D eigenvalue weighted by Crippen LogP contribution is -2.57. The van der Waals surface area contributed by atoms with Gasteiger partial charge in [0.15, 0.2) is 0 Å². The van der Waals surface area contributed by atoms with Crippen LogP contribution in [0.25, 0.3) is 0 Å². The van der Waals surface area contributed by atoms with Crippen LogP contribution in [0.2, 0.25) is 5.02 Å². The summed E-state index contributed by atoms with van der Waals surface area (Å²) in [6.07, 6.45) is 4.63. The van der Waals surface area contributed by atoms with Gasteiger partial charge in [0.05, 0.1) is 24.0 Å². The van der Waals surface area contributed by atoms with Crippen LogP contribution in [0.5, 0.6) is 0 Å². The van der Waals surface area contributed by atoms with Gasteiger partial charge in [-0.15, -0.1) is 13.2 Å². The third-order valence-corrected chi connectivity index (χ3v) is 11.5. The third-order valence-electron chi connectivity index (χ3n) is 10.4. The fourth-order valence-corrected chi connectivity index (χ4v) is 8.90. The molecule has 3 amide bonds. The van der Waals surface area contributed by atoms with Crippen molar-refractivity contribution in [3.8, 4) is 0 Å². The largest absolute Gasteiger partial charge is 0.455 e. The Bertz CT molecular complexity index is 1590. The molecule has 274 valence electrons. The van der Waals surface area contributed by atoms with Crippen LogP contribution in [0, 0.1) is 11.8 Å². The number of rotatable bonds is 17. The molecule has 1 spiro atoms. The van der Waals surface area contributed by atoms with Crippen LogP contribution in [-0.4, -0.2) is 94.0 Å². The average molecular weight is 785 g/mol. The lowest BCUT2D eigenvalue weighted by atomic mass is 9.70. The lowest BCUT2D eigenvalue weighted by Gasteiger charge is -2.37. The minimum absolute atomic E-state index is 0.0204. The molecule has 0 saturated carbocycles. The Labute approximate surface area is 313 Å². The first-order valence-corrected chi connectivity index (χ1v) is 18.8. The second kappa shape index (κ2) is 16.9. The van der Waals surface area contributed by atoms with Gasteiger partial charge in [-0.1, -0.05) is 70.0 Å². The summed E-state index contributed by atoms with van der Waals surface area (Å²) in [7, 11) is 1.69. The van der Waals surface area contributed by atoms with Crippen molar-refractivity contribution in [1.82, 2.24) is 9.80 Å². The number of amides is 3. The molecule has 2 bridgehead atoms. The van der Waals surface area contributed by atoms with E-state index in [4.69, 9.17) is 21.1 Å².